The minimum Gasteiger partial charge on any atom is -0.550 e. The average molecular weight is 456 g/mol. The predicted molar refractivity (Wildman–Crippen MR) is 124 cm³/mol. The Kier molecular flexibility index (Phi) is 15.7. The van der Waals surface area contributed by atoms with Gasteiger partial charge in [0.1, 0.15) is 0 Å². The maximum absolute atomic E-state index is 11.4. The lowest BCUT2D eigenvalue weighted by molar-refractivity contribution is -0.929. The number of carbonyl (C=O) groups excluding carboxylic acids is 1. The van der Waals surface area contributed by atoms with Crippen LogP contribution in [-0.4, -0.2) is 58.8 Å². The Morgan fingerprint density at radius 1 is 0.750 bits per heavy atom. The number of unbranched alkanes of at least 4 members (excludes halogenated alkanes) is 4. The van der Waals surface area contributed by atoms with E-state index in [0.717, 1.165) is 19.4 Å². The minimum atomic E-state index is -1.09. The first-order valence-corrected chi connectivity index (χ1v) is 12.2. The van der Waals surface area contributed by atoms with E-state index >= 15 is 0 Å². The number of hydrogen-bond donors (Lipinski definition) is 2. The fourth-order valence-corrected chi connectivity index (χ4v) is 3.71. The highest BCUT2D eigenvalue weighted by Gasteiger charge is 2.30. The molecule has 0 amide bonds. The molecule has 0 rings (SSSR count). The Morgan fingerprint density at radius 2 is 1.22 bits per heavy atom. The first-order valence-electron chi connectivity index (χ1n) is 12.2. The van der Waals surface area contributed by atoms with Crippen LogP contribution in [0.4, 0.5) is 0 Å². The van der Waals surface area contributed by atoms with Crippen LogP contribution in [0.25, 0.3) is 0 Å². The molecular weight excluding hydrogens is 410 g/mol. The van der Waals surface area contributed by atoms with Crippen LogP contribution in [0.3, 0.4) is 0 Å². The van der Waals surface area contributed by atoms with Gasteiger partial charge in [0, 0.05) is 37.6 Å². The average Bonchev–Trinajstić information content (AvgIpc) is 2.75. The Balaban J connectivity index is 5.32. The molecule has 186 valence electrons. The fourth-order valence-electron chi connectivity index (χ4n) is 3.71. The molecule has 0 aliphatic heterocycles. The molecule has 3 atom stereocenters. The fraction of sp³-hybridized carbons (Fsp3) is 0.800. The standard InChI is InChI=1S/C25H45NO6/c1-5-6-7-8-9-10-11-12-16-26(17-13-20(2)23(27)28,18-14-21(3)24(29)30)19-15-22(4)25(31)32/h10-11,20-22H,5-9,12-19H2,1-4H3,(H2-,27,28,29,30,31,32)/b11-10+. The van der Waals surface area contributed by atoms with Crippen LogP contribution in [0.1, 0.15) is 85.5 Å². The second-order valence-corrected chi connectivity index (χ2v) is 9.41. The molecule has 0 saturated carbocycles. The lowest BCUT2D eigenvalue weighted by Crippen LogP contribution is -2.52. The molecule has 0 radical (unpaired) electrons. The normalized spacial score (nSPS) is 16.4. The van der Waals surface area contributed by atoms with Crippen molar-refractivity contribution in [2.24, 2.45) is 17.8 Å². The summed E-state index contributed by atoms with van der Waals surface area (Å²) in [5, 5.41) is 29.9. The predicted octanol–water partition coefficient (Wildman–Crippen LogP) is 3.72. The summed E-state index contributed by atoms with van der Waals surface area (Å²) in [6, 6.07) is 0. The van der Waals surface area contributed by atoms with E-state index in [4.69, 9.17) is 0 Å². The Morgan fingerprint density at radius 3 is 1.66 bits per heavy atom. The topological polar surface area (TPSA) is 115 Å². The summed E-state index contributed by atoms with van der Waals surface area (Å²) in [5.74, 6) is -4.40. The van der Waals surface area contributed by atoms with E-state index in [2.05, 4.69) is 19.1 Å². The summed E-state index contributed by atoms with van der Waals surface area (Å²) < 4.78 is 0.535. The Bertz CT molecular complexity index is 529. The summed E-state index contributed by atoms with van der Waals surface area (Å²) in [5.41, 5.74) is 0. The molecular formula is C25H45NO6. The molecule has 0 aromatic rings. The number of quaternary nitrogens is 1. The van der Waals surface area contributed by atoms with Gasteiger partial charge in [0.25, 0.3) is 0 Å². The summed E-state index contributed by atoms with van der Waals surface area (Å²) in [4.78, 5) is 34.0. The van der Waals surface area contributed by atoms with Crippen molar-refractivity contribution >= 4 is 17.9 Å². The Hall–Kier alpha value is -1.89. The number of carbonyl (C=O) groups is 3. The smallest absolute Gasteiger partial charge is 0.306 e. The summed E-state index contributed by atoms with van der Waals surface area (Å²) in [7, 11) is 0. The third-order valence-corrected chi connectivity index (χ3v) is 6.52. The molecule has 0 spiro atoms. The van der Waals surface area contributed by atoms with Gasteiger partial charge in [-0.25, -0.2) is 0 Å². The third-order valence-electron chi connectivity index (χ3n) is 6.52. The zero-order valence-corrected chi connectivity index (χ0v) is 20.6. The van der Waals surface area contributed by atoms with E-state index in [-0.39, 0.29) is 0 Å². The van der Waals surface area contributed by atoms with Gasteiger partial charge in [-0.3, -0.25) is 9.59 Å². The van der Waals surface area contributed by atoms with Crippen molar-refractivity contribution in [3.63, 3.8) is 0 Å². The number of allylic oxidation sites excluding steroid dienone is 1. The second-order valence-electron chi connectivity index (χ2n) is 9.41. The Labute approximate surface area is 194 Å². The van der Waals surface area contributed by atoms with Gasteiger partial charge in [0.15, 0.2) is 0 Å². The van der Waals surface area contributed by atoms with E-state index in [1.807, 2.05) is 0 Å². The molecule has 3 unspecified atom stereocenters. The van der Waals surface area contributed by atoms with Crippen molar-refractivity contribution in [1.29, 1.82) is 0 Å². The van der Waals surface area contributed by atoms with Crippen LogP contribution in [-0.2, 0) is 14.4 Å². The van der Waals surface area contributed by atoms with Crippen LogP contribution < -0.4 is 5.11 Å². The second kappa shape index (κ2) is 16.7. The third kappa shape index (κ3) is 13.5. The van der Waals surface area contributed by atoms with Crippen molar-refractivity contribution in [2.45, 2.75) is 85.5 Å². The van der Waals surface area contributed by atoms with Gasteiger partial charge < -0.3 is 24.6 Å². The van der Waals surface area contributed by atoms with Crippen LogP contribution in [0, 0.1) is 17.8 Å². The van der Waals surface area contributed by atoms with Crippen LogP contribution in [0.15, 0.2) is 12.2 Å². The van der Waals surface area contributed by atoms with Crippen molar-refractivity contribution in [1.82, 2.24) is 0 Å². The lowest BCUT2D eigenvalue weighted by atomic mass is 10.0. The summed E-state index contributed by atoms with van der Waals surface area (Å²) in [6.45, 7) is 9.65. The van der Waals surface area contributed by atoms with Gasteiger partial charge in [-0.15, -0.1) is 0 Å². The molecule has 7 nitrogen and oxygen atoms in total. The maximum atomic E-state index is 11.4. The minimum absolute atomic E-state index is 0.423. The quantitative estimate of drug-likeness (QED) is 0.164. The first kappa shape index (κ1) is 30.1. The van der Waals surface area contributed by atoms with E-state index < -0.39 is 35.7 Å². The van der Waals surface area contributed by atoms with Gasteiger partial charge in [-0.05, 0) is 12.8 Å². The van der Waals surface area contributed by atoms with Gasteiger partial charge >= 0.3 is 11.9 Å². The highest BCUT2D eigenvalue weighted by molar-refractivity contribution is 5.69. The molecule has 0 bridgehead atoms. The zero-order valence-electron chi connectivity index (χ0n) is 20.6. The van der Waals surface area contributed by atoms with E-state index in [0.29, 0.717) is 43.4 Å². The van der Waals surface area contributed by atoms with Crippen molar-refractivity contribution in [2.75, 3.05) is 26.2 Å². The zero-order chi connectivity index (χ0) is 24.6. The van der Waals surface area contributed by atoms with Gasteiger partial charge in [0.05, 0.1) is 38.0 Å². The maximum Gasteiger partial charge on any atom is 0.306 e. The molecule has 32 heavy (non-hydrogen) atoms. The van der Waals surface area contributed by atoms with Gasteiger partial charge in [-0.2, -0.15) is 0 Å². The molecule has 0 heterocycles. The molecule has 0 aliphatic rings. The lowest BCUT2D eigenvalue weighted by Gasteiger charge is -2.40. The van der Waals surface area contributed by atoms with Crippen molar-refractivity contribution in [3.8, 4) is 0 Å². The highest BCUT2D eigenvalue weighted by atomic mass is 16.4. The van der Waals surface area contributed by atoms with Gasteiger partial charge in [0.2, 0.25) is 0 Å². The largest absolute Gasteiger partial charge is 0.550 e. The molecule has 7 heteroatoms. The SMILES string of the molecule is CCCCCC/C=C/CC[N+](CCC(C)C(=O)[O-])(CCC(C)C(=O)O)CCC(C)C(=O)O. The molecule has 2 N–H and O–H groups in total. The molecule has 0 saturated heterocycles. The number of aliphatic carboxylic acids is 3. The molecule has 0 aromatic carbocycles. The van der Waals surface area contributed by atoms with Crippen molar-refractivity contribution in [3.05, 3.63) is 12.2 Å². The van der Waals surface area contributed by atoms with Crippen LogP contribution in [0.2, 0.25) is 0 Å². The number of carboxylic acid groups (broad SMARTS) is 3. The van der Waals surface area contributed by atoms with Gasteiger partial charge in [-0.1, -0.05) is 59.1 Å². The first-order chi connectivity index (χ1) is 15.0. The van der Waals surface area contributed by atoms with Crippen LogP contribution >= 0.6 is 0 Å². The number of rotatable bonds is 20. The summed E-state index contributed by atoms with van der Waals surface area (Å²) in [6.07, 6.45) is 12.4. The number of carboxylic acids is 3. The summed E-state index contributed by atoms with van der Waals surface area (Å²) >= 11 is 0. The molecule has 0 aromatic heterocycles. The molecule has 0 aliphatic carbocycles. The monoisotopic (exact) mass is 455 g/mol. The number of nitrogens with zero attached hydrogens (tertiary/aromatic N) is 1. The number of hydrogen-bond acceptors (Lipinski definition) is 4. The van der Waals surface area contributed by atoms with Crippen LogP contribution in [0.5, 0.6) is 0 Å². The van der Waals surface area contributed by atoms with Crippen molar-refractivity contribution < 1.29 is 34.2 Å². The molecule has 0 fully saturated rings. The highest BCUT2D eigenvalue weighted by Crippen LogP contribution is 2.20. The van der Waals surface area contributed by atoms with E-state index in [1.54, 1.807) is 20.8 Å². The van der Waals surface area contributed by atoms with E-state index in [9.17, 15) is 29.7 Å². The van der Waals surface area contributed by atoms with E-state index in [1.165, 1.54) is 25.7 Å².